The number of benzene rings is 1. The number of amides is 1. The molecule has 2 unspecified atom stereocenters. The molecular formula is C15H22N2O2. The number of fused-ring (bicyclic) bond motifs is 1. The summed E-state index contributed by atoms with van der Waals surface area (Å²) in [5, 5.41) is 3.30. The summed E-state index contributed by atoms with van der Waals surface area (Å²) in [6, 6.07) is 7.82. The van der Waals surface area contributed by atoms with Crippen LogP contribution in [0.25, 0.3) is 0 Å². The molecule has 104 valence electrons. The van der Waals surface area contributed by atoms with Gasteiger partial charge in [0.25, 0.3) is 0 Å². The minimum Gasteiger partial charge on any atom is -0.493 e. The van der Waals surface area contributed by atoms with Crippen molar-refractivity contribution in [3.63, 3.8) is 0 Å². The number of nitrogens with one attached hydrogen (secondary N) is 1. The van der Waals surface area contributed by atoms with Gasteiger partial charge in [0.05, 0.1) is 12.6 Å². The highest BCUT2D eigenvalue weighted by molar-refractivity contribution is 5.80. The molecule has 0 saturated heterocycles. The summed E-state index contributed by atoms with van der Waals surface area (Å²) in [5.74, 6) is 1.26. The standard InChI is InChI=1S/C15H22N2O2/c1-10(2)14(15(16)18)17-9-11-7-8-19-13-6-4-3-5-12(11)13/h3-6,10-11,14,17H,7-9H2,1-2H3,(H2,16,18). The van der Waals surface area contributed by atoms with Crippen LogP contribution in [0, 0.1) is 5.92 Å². The van der Waals surface area contributed by atoms with Crippen LogP contribution in [0.4, 0.5) is 0 Å². The van der Waals surface area contributed by atoms with Crippen molar-refractivity contribution in [2.75, 3.05) is 13.2 Å². The average molecular weight is 262 g/mol. The number of primary amides is 1. The highest BCUT2D eigenvalue weighted by Gasteiger charge is 2.24. The van der Waals surface area contributed by atoms with Crippen LogP contribution in [0.3, 0.4) is 0 Å². The molecule has 0 spiro atoms. The van der Waals surface area contributed by atoms with E-state index in [1.165, 1.54) is 5.56 Å². The van der Waals surface area contributed by atoms with Crippen LogP contribution in [-0.2, 0) is 4.79 Å². The van der Waals surface area contributed by atoms with Crippen molar-refractivity contribution in [3.8, 4) is 5.75 Å². The van der Waals surface area contributed by atoms with E-state index in [1.807, 2.05) is 32.0 Å². The second-order valence-electron chi connectivity index (χ2n) is 5.40. The Bertz CT molecular complexity index is 446. The molecule has 1 aromatic rings. The Morgan fingerprint density at radius 3 is 2.89 bits per heavy atom. The number of ether oxygens (including phenoxy) is 1. The van der Waals surface area contributed by atoms with Gasteiger partial charge in [-0.25, -0.2) is 0 Å². The highest BCUT2D eigenvalue weighted by atomic mass is 16.5. The topological polar surface area (TPSA) is 64.3 Å². The van der Waals surface area contributed by atoms with E-state index in [1.54, 1.807) is 0 Å². The molecule has 0 aromatic heterocycles. The Hall–Kier alpha value is -1.55. The first-order valence-corrected chi connectivity index (χ1v) is 6.84. The van der Waals surface area contributed by atoms with Crippen molar-refractivity contribution in [2.45, 2.75) is 32.2 Å². The monoisotopic (exact) mass is 262 g/mol. The van der Waals surface area contributed by atoms with Crippen molar-refractivity contribution in [3.05, 3.63) is 29.8 Å². The van der Waals surface area contributed by atoms with E-state index < -0.39 is 0 Å². The van der Waals surface area contributed by atoms with Gasteiger partial charge in [0.1, 0.15) is 5.75 Å². The van der Waals surface area contributed by atoms with Gasteiger partial charge in [0.15, 0.2) is 0 Å². The summed E-state index contributed by atoms with van der Waals surface area (Å²) in [6.45, 7) is 5.49. The Labute approximate surface area is 114 Å². The number of carbonyl (C=O) groups excluding carboxylic acids is 1. The van der Waals surface area contributed by atoms with Crippen LogP contribution in [0.2, 0.25) is 0 Å². The van der Waals surface area contributed by atoms with Crippen molar-refractivity contribution >= 4 is 5.91 Å². The number of rotatable bonds is 5. The second-order valence-corrected chi connectivity index (χ2v) is 5.40. The molecule has 19 heavy (non-hydrogen) atoms. The van der Waals surface area contributed by atoms with Gasteiger partial charge in [-0.1, -0.05) is 32.0 Å². The van der Waals surface area contributed by atoms with Gasteiger partial charge in [-0.05, 0) is 24.0 Å². The molecular weight excluding hydrogens is 240 g/mol. The third-order valence-electron chi connectivity index (χ3n) is 3.64. The lowest BCUT2D eigenvalue weighted by Gasteiger charge is -2.28. The maximum absolute atomic E-state index is 11.4. The molecule has 0 fully saturated rings. The van der Waals surface area contributed by atoms with Crippen LogP contribution < -0.4 is 15.8 Å². The van der Waals surface area contributed by atoms with Crippen LogP contribution in [0.5, 0.6) is 5.75 Å². The summed E-state index contributed by atoms with van der Waals surface area (Å²) >= 11 is 0. The lowest BCUT2D eigenvalue weighted by molar-refractivity contribution is -0.121. The summed E-state index contributed by atoms with van der Waals surface area (Å²) in [5.41, 5.74) is 6.64. The van der Waals surface area contributed by atoms with Crippen molar-refractivity contribution in [2.24, 2.45) is 11.7 Å². The van der Waals surface area contributed by atoms with E-state index in [9.17, 15) is 4.79 Å². The van der Waals surface area contributed by atoms with Gasteiger partial charge in [0.2, 0.25) is 5.91 Å². The molecule has 1 aromatic carbocycles. The largest absolute Gasteiger partial charge is 0.493 e. The molecule has 4 heteroatoms. The lowest BCUT2D eigenvalue weighted by Crippen LogP contribution is -2.46. The van der Waals surface area contributed by atoms with Crippen LogP contribution >= 0.6 is 0 Å². The average Bonchev–Trinajstić information content (AvgIpc) is 2.38. The highest BCUT2D eigenvalue weighted by Crippen LogP contribution is 2.32. The Morgan fingerprint density at radius 1 is 1.47 bits per heavy atom. The molecule has 3 N–H and O–H groups in total. The number of hydrogen-bond acceptors (Lipinski definition) is 3. The minimum absolute atomic E-state index is 0.201. The van der Waals surface area contributed by atoms with Crippen molar-refractivity contribution in [1.29, 1.82) is 0 Å². The van der Waals surface area contributed by atoms with Crippen LogP contribution in [-0.4, -0.2) is 25.1 Å². The summed E-state index contributed by atoms with van der Waals surface area (Å²) in [4.78, 5) is 11.4. The molecule has 0 saturated carbocycles. The molecule has 0 aliphatic carbocycles. The first kappa shape index (κ1) is 13.9. The van der Waals surface area contributed by atoms with Crippen molar-refractivity contribution < 1.29 is 9.53 Å². The predicted octanol–water partition coefficient (Wildman–Crippen LogP) is 1.65. The van der Waals surface area contributed by atoms with Crippen LogP contribution in [0.1, 0.15) is 31.7 Å². The Balaban J connectivity index is 2.03. The summed E-state index contributed by atoms with van der Waals surface area (Å²) < 4.78 is 5.64. The number of hydrogen-bond donors (Lipinski definition) is 2. The van der Waals surface area contributed by atoms with Gasteiger partial charge in [-0.2, -0.15) is 0 Å². The minimum atomic E-state index is -0.282. The third-order valence-corrected chi connectivity index (χ3v) is 3.64. The fourth-order valence-corrected chi connectivity index (χ4v) is 2.56. The second kappa shape index (κ2) is 6.06. The first-order chi connectivity index (χ1) is 9.09. The molecule has 1 aliphatic rings. The fraction of sp³-hybridized carbons (Fsp3) is 0.533. The van der Waals surface area contributed by atoms with E-state index in [4.69, 9.17) is 10.5 Å². The molecule has 2 atom stereocenters. The molecule has 1 amide bonds. The smallest absolute Gasteiger partial charge is 0.234 e. The molecule has 0 bridgehead atoms. The summed E-state index contributed by atoms with van der Waals surface area (Å²) in [7, 11) is 0. The SMILES string of the molecule is CC(C)C(NCC1CCOc2ccccc21)C(N)=O. The van der Waals surface area contributed by atoms with E-state index in [2.05, 4.69) is 11.4 Å². The van der Waals surface area contributed by atoms with Gasteiger partial charge in [-0.3, -0.25) is 4.79 Å². The maximum Gasteiger partial charge on any atom is 0.234 e. The maximum atomic E-state index is 11.4. The van der Waals surface area contributed by atoms with E-state index in [0.717, 1.165) is 25.3 Å². The predicted molar refractivity (Wildman–Crippen MR) is 75.1 cm³/mol. The fourth-order valence-electron chi connectivity index (χ4n) is 2.56. The quantitative estimate of drug-likeness (QED) is 0.848. The molecule has 1 aliphatic heterocycles. The molecule has 4 nitrogen and oxygen atoms in total. The first-order valence-electron chi connectivity index (χ1n) is 6.84. The zero-order valence-corrected chi connectivity index (χ0v) is 11.6. The Kier molecular flexibility index (Phi) is 4.43. The van der Waals surface area contributed by atoms with Gasteiger partial charge in [-0.15, -0.1) is 0 Å². The number of para-hydroxylation sites is 1. The Morgan fingerprint density at radius 2 is 2.21 bits per heavy atom. The van der Waals surface area contributed by atoms with E-state index in [-0.39, 0.29) is 17.9 Å². The number of carbonyl (C=O) groups is 1. The van der Waals surface area contributed by atoms with Crippen molar-refractivity contribution in [1.82, 2.24) is 5.32 Å². The lowest BCUT2D eigenvalue weighted by atomic mass is 9.92. The van der Waals surface area contributed by atoms with E-state index >= 15 is 0 Å². The molecule has 1 heterocycles. The summed E-state index contributed by atoms with van der Waals surface area (Å²) in [6.07, 6.45) is 0.966. The zero-order valence-electron chi connectivity index (χ0n) is 11.6. The van der Waals surface area contributed by atoms with Gasteiger partial charge in [0, 0.05) is 12.5 Å². The van der Waals surface area contributed by atoms with Crippen LogP contribution in [0.15, 0.2) is 24.3 Å². The normalized spacial score (nSPS) is 19.6. The zero-order chi connectivity index (χ0) is 13.8. The van der Waals surface area contributed by atoms with Gasteiger partial charge >= 0.3 is 0 Å². The van der Waals surface area contributed by atoms with E-state index in [0.29, 0.717) is 5.92 Å². The third kappa shape index (κ3) is 3.26. The number of nitrogens with two attached hydrogens (primary N) is 1. The molecule has 0 radical (unpaired) electrons. The van der Waals surface area contributed by atoms with Gasteiger partial charge < -0.3 is 15.8 Å². The molecule has 2 rings (SSSR count).